The lowest BCUT2D eigenvalue weighted by Gasteiger charge is -2.33. The van der Waals surface area contributed by atoms with E-state index >= 15 is 0 Å². The lowest BCUT2D eigenvalue weighted by atomic mass is 9.71. The summed E-state index contributed by atoms with van der Waals surface area (Å²) in [6.45, 7) is 12.7. The van der Waals surface area contributed by atoms with Gasteiger partial charge in [-0.25, -0.2) is 0 Å². The number of carbonyl (C=O) groups is 1. The molecule has 1 unspecified atom stereocenters. The average Bonchev–Trinajstić information content (AvgIpc) is 3.02. The molecule has 0 aliphatic heterocycles. The molecule has 3 nitrogen and oxygen atoms in total. The highest BCUT2D eigenvalue weighted by molar-refractivity contribution is 6.40. The van der Waals surface area contributed by atoms with Crippen LogP contribution in [0.2, 0.25) is 0 Å². The van der Waals surface area contributed by atoms with E-state index in [1.807, 2.05) is 50.4 Å². The van der Waals surface area contributed by atoms with Crippen molar-refractivity contribution in [1.82, 2.24) is 4.57 Å². The highest BCUT2D eigenvalue weighted by Crippen LogP contribution is 2.44. The van der Waals surface area contributed by atoms with Crippen molar-refractivity contribution in [3.63, 3.8) is 0 Å². The molecule has 0 radical (unpaired) electrons. The van der Waals surface area contributed by atoms with Gasteiger partial charge in [0.1, 0.15) is 5.76 Å². The number of ketones is 1. The van der Waals surface area contributed by atoms with Crippen LogP contribution in [-0.2, 0) is 17.3 Å². The molecule has 1 heterocycles. The van der Waals surface area contributed by atoms with Crippen LogP contribution >= 0.6 is 0 Å². The van der Waals surface area contributed by atoms with E-state index < -0.39 is 0 Å². The lowest BCUT2D eigenvalue weighted by Crippen LogP contribution is -2.26. The topological polar surface area (TPSA) is 42.2 Å². The molecule has 158 valence electrons. The Morgan fingerprint density at radius 1 is 1.13 bits per heavy atom. The fraction of sp³-hybridized carbons (Fsp3) is 0.250. The van der Waals surface area contributed by atoms with Gasteiger partial charge in [-0.1, -0.05) is 62.9 Å². The maximum atomic E-state index is 13.2. The molecule has 0 fully saturated rings. The number of Topliss-reactive ketones (excluding diaryl/α,β-unsaturated/α-hetero) is 1. The first-order valence-electron chi connectivity index (χ1n) is 10.7. The van der Waals surface area contributed by atoms with Crippen LogP contribution in [0.15, 0.2) is 78.1 Å². The summed E-state index contributed by atoms with van der Waals surface area (Å²) in [5.74, 6) is -0.0600. The van der Waals surface area contributed by atoms with Gasteiger partial charge in [-0.3, -0.25) is 4.79 Å². The Bertz CT molecular complexity index is 1300. The number of nitrogens with zero attached hydrogens (tertiary/aromatic N) is 1. The van der Waals surface area contributed by atoms with Crippen molar-refractivity contribution in [2.75, 3.05) is 0 Å². The number of allylic oxidation sites excluding steroid dienone is 4. The van der Waals surface area contributed by atoms with E-state index in [1.54, 1.807) is 6.08 Å². The van der Waals surface area contributed by atoms with Gasteiger partial charge in [0.2, 0.25) is 5.78 Å². The number of fused-ring (bicyclic) bond motifs is 1. The van der Waals surface area contributed by atoms with Crippen molar-refractivity contribution in [1.29, 1.82) is 0 Å². The van der Waals surface area contributed by atoms with Gasteiger partial charge >= 0.3 is 0 Å². The molecule has 1 atom stereocenters. The summed E-state index contributed by atoms with van der Waals surface area (Å²) in [4.78, 5) is 13.2. The van der Waals surface area contributed by atoms with Crippen LogP contribution in [0.4, 0.5) is 0 Å². The standard InChI is InChI=1S/C28H29NO2/c1-7-28(5,22-14-10-8-12-17(22)2)18(3)16-21-26(30)25(27(21)31)24-19(4)29(6)23-15-11-9-13-20(23)24/h8-16,30H,3,7H2,1-2,4-6H3/b21-16-. The molecule has 4 rings (SSSR count). The largest absolute Gasteiger partial charge is 0.506 e. The molecule has 0 spiro atoms. The van der Waals surface area contributed by atoms with Gasteiger partial charge in [-0.05, 0) is 49.1 Å². The van der Waals surface area contributed by atoms with Gasteiger partial charge < -0.3 is 9.67 Å². The van der Waals surface area contributed by atoms with Crippen LogP contribution in [0.5, 0.6) is 0 Å². The van der Waals surface area contributed by atoms with E-state index in [0.29, 0.717) is 11.1 Å². The molecule has 0 bridgehead atoms. The fourth-order valence-corrected chi connectivity index (χ4v) is 4.74. The maximum Gasteiger partial charge on any atom is 0.201 e. The van der Waals surface area contributed by atoms with Crippen molar-refractivity contribution in [2.24, 2.45) is 7.05 Å². The second-order valence-electron chi connectivity index (χ2n) is 8.67. The lowest BCUT2D eigenvalue weighted by molar-refractivity contribution is -0.111. The Morgan fingerprint density at radius 3 is 2.42 bits per heavy atom. The van der Waals surface area contributed by atoms with Crippen molar-refractivity contribution >= 4 is 22.3 Å². The normalized spacial score (nSPS) is 17.2. The van der Waals surface area contributed by atoms with Crippen LogP contribution in [-0.4, -0.2) is 15.5 Å². The van der Waals surface area contributed by atoms with Crippen LogP contribution in [0.1, 0.15) is 42.7 Å². The third-order valence-corrected chi connectivity index (χ3v) is 7.09. The molecule has 0 saturated heterocycles. The van der Waals surface area contributed by atoms with Gasteiger partial charge in [0.15, 0.2) is 0 Å². The zero-order valence-electron chi connectivity index (χ0n) is 18.9. The average molecular weight is 412 g/mol. The smallest absolute Gasteiger partial charge is 0.201 e. The number of aryl methyl sites for hydroxylation is 2. The minimum Gasteiger partial charge on any atom is -0.506 e. The minimum absolute atomic E-state index is 0.0637. The summed E-state index contributed by atoms with van der Waals surface area (Å²) >= 11 is 0. The first kappa shape index (κ1) is 20.9. The highest BCUT2D eigenvalue weighted by Gasteiger charge is 2.39. The van der Waals surface area contributed by atoms with Crippen LogP contribution in [0.3, 0.4) is 0 Å². The number of aromatic nitrogens is 1. The van der Waals surface area contributed by atoms with Crippen molar-refractivity contribution < 1.29 is 9.90 Å². The Hall–Kier alpha value is -3.33. The number of aliphatic hydroxyl groups is 1. The van der Waals surface area contributed by atoms with Gasteiger partial charge in [0, 0.05) is 34.6 Å². The summed E-state index contributed by atoms with van der Waals surface area (Å²) in [5, 5.41) is 11.9. The van der Waals surface area contributed by atoms with Crippen molar-refractivity contribution in [2.45, 2.75) is 39.5 Å². The molecular weight excluding hydrogens is 382 g/mol. The van der Waals surface area contributed by atoms with E-state index in [4.69, 9.17) is 0 Å². The molecule has 0 saturated carbocycles. The molecule has 1 N–H and O–H groups in total. The monoisotopic (exact) mass is 411 g/mol. The number of carbonyl (C=O) groups excluding carboxylic acids is 1. The molecular formula is C28H29NO2. The number of rotatable bonds is 5. The SMILES string of the molecule is C=C(/C=C1\C(=O)C(c2c(C)n(C)c3ccccc23)=C1O)C(C)(CC)c1ccccc1C. The quantitative estimate of drug-likeness (QED) is 0.487. The predicted molar refractivity (Wildman–Crippen MR) is 128 cm³/mol. The third-order valence-electron chi connectivity index (χ3n) is 7.09. The molecule has 0 amide bonds. The number of para-hydroxylation sites is 1. The van der Waals surface area contributed by atoms with Gasteiger partial charge in [-0.15, -0.1) is 0 Å². The zero-order valence-corrected chi connectivity index (χ0v) is 18.9. The first-order valence-corrected chi connectivity index (χ1v) is 10.7. The number of hydrogen-bond acceptors (Lipinski definition) is 2. The van der Waals surface area contributed by atoms with E-state index in [0.717, 1.165) is 34.2 Å². The molecule has 1 aromatic heterocycles. The first-order chi connectivity index (χ1) is 14.7. The number of benzene rings is 2. The van der Waals surface area contributed by atoms with Gasteiger partial charge in [-0.2, -0.15) is 0 Å². The number of hydrogen-bond donors (Lipinski definition) is 1. The molecule has 1 aliphatic carbocycles. The Kier molecular flexibility index (Phi) is 5.01. The molecule has 1 aliphatic rings. The Morgan fingerprint density at radius 2 is 1.77 bits per heavy atom. The van der Waals surface area contributed by atoms with E-state index in [2.05, 4.69) is 44.0 Å². The Labute approximate surface area is 184 Å². The van der Waals surface area contributed by atoms with Crippen LogP contribution in [0, 0.1) is 13.8 Å². The van der Waals surface area contributed by atoms with E-state index in [-0.39, 0.29) is 17.0 Å². The second kappa shape index (κ2) is 7.42. The number of aliphatic hydroxyl groups excluding tert-OH is 1. The minimum atomic E-state index is -0.315. The Balaban J connectivity index is 1.79. The predicted octanol–water partition coefficient (Wildman–Crippen LogP) is 6.50. The summed E-state index contributed by atoms with van der Waals surface area (Å²) in [6, 6.07) is 16.2. The van der Waals surface area contributed by atoms with Gasteiger partial charge in [0.05, 0.1) is 11.1 Å². The van der Waals surface area contributed by atoms with E-state index in [1.165, 1.54) is 11.1 Å². The highest BCUT2D eigenvalue weighted by atomic mass is 16.3. The van der Waals surface area contributed by atoms with Gasteiger partial charge in [0.25, 0.3) is 0 Å². The fourth-order valence-electron chi connectivity index (χ4n) is 4.74. The van der Waals surface area contributed by atoms with Crippen LogP contribution < -0.4 is 0 Å². The molecule has 3 aromatic rings. The second-order valence-corrected chi connectivity index (χ2v) is 8.67. The van der Waals surface area contributed by atoms with Crippen LogP contribution in [0.25, 0.3) is 16.5 Å². The summed E-state index contributed by atoms with van der Waals surface area (Å²) < 4.78 is 2.06. The summed E-state index contributed by atoms with van der Waals surface area (Å²) in [6.07, 6.45) is 2.62. The molecule has 3 heteroatoms. The molecule has 31 heavy (non-hydrogen) atoms. The summed E-state index contributed by atoms with van der Waals surface area (Å²) in [5.41, 5.74) is 6.48. The van der Waals surface area contributed by atoms with Crippen molar-refractivity contribution in [3.05, 3.63) is 100 Å². The molecule has 2 aromatic carbocycles. The van der Waals surface area contributed by atoms with E-state index in [9.17, 15) is 9.90 Å². The third kappa shape index (κ3) is 2.99. The zero-order chi connectivity index (χ0) is 22.5. The van der Waals surface area contributed by atoms with Crippen molar-refractivity contribution in [3.8, 4) is 0 Å². The summed E-state index contributed by atoms with van der Waals surface area (Å²) in [7, 11) is 1.98. The maximum absolute atomic E-state index is 13.2.